The molecular weight excluding hydrogens is 530 g/mol. The summed E-state index contributed by atoms with van der Waals surface area (Å²) in [5.41, 5.74) is 1.95. The van der Waals surface area contributed by atoms with Gasteiger partial charge in [0, 0.05) is 6.54 Å². The average molecular weight is 556 g/mol. The summed E-state index contributed by atoms with van der Waals surface area (Å²) in [6.45, 7) is 2.27. The monoisotopic (exact) mass is 555 g/mol. The number of nitrogens with zero attached hydrogens (tertiary/aromatic N) is 3. The van der Waals surface area contributed by atoms with Gasteiger partial charge in [-0.15, -0.1) is 11.3 Å². The maximum Gasteiger partial charge on any atom is 0.325 e. The molecule has 1 aliphatic rings. The van der Waals surface area contributed by atoms with E-state index in [1.54, 1.807) is 4.57 Å². The van der Waals surface area contributed by atoms with Crippen LogP contribution in [0.5, 0.6) is 0 Å². The number of rotatable bonds is 8. The van der Waals surface area contributed by atoms with Gasteiger partial charge in [-0.25, -0.2) is 8.42 Å². The zero-order valence-corrected chi connectivity index (χ0v) is 22.6. The van der Waals surface area contributed by atoms with Crippen molar-refractivity contribution in [1.29, 1.82) is 0 Å². The summed E-state index contributed by atoms with van der Waals surface area (Å²) >= 11 is 8.20. The Bertz CT molecular complexity index is 1420. The molecule has 8 nitrogen and oxygen atoms in total. The summed E-state index contributed by atoms with van der Waals surface area (Å²) in [6, 6.07) is 8.07. The number of sulfonamides is 1. The standard InChI is InChI=1S/C23H26ClN3O5S3/c1-3-4-6-15-8-9-16-18(13-15)33-23(26(16)14-20(28)32-2)25-22(29)17-7-5-12-27(17)35(30,31)21-11-10-19(24)34-21/h8-11,13,17H,3-7,12,14H2,1-2H3. The molecule has 188 valence electrons. The van der Waals surface area contributed by atoms with Gasteiger partial charge in [0.05, 0.1) is 21.7 Å². The van der Waals surface area contributed by atoms with E-state index in [9.17, 15) is 18.0 Å². The molecule has 0 aliphatic carbocycles. The molecule has 4 rings (SSSR count). The topological polar surface area (TPSA) is 98.0 Å². The van der Waals surface area contributed by atoms with E-state index in [2.05, 4.69) is 18.0 Å². The van der Waals surface area contributed by atoms with Crippen LogP contribution in [0.1, 0.15) is 38.2 Å². The Morgan fingerprint density at radius 3 is 2.71 bits per heavy atom. The minimum atomic E-state index is -3.87. The van der Waals surface area contributed by atoms with Crippen molar-refractivity contribution in [2.45, 2.75) is 55.8 Å². The highest BCUT2D eigenvalue weighted by atomic mass is 35.5. The van der Waals surface area contributed by atoms with Crippen molar-refractivity contribution in [1.82, 2.24) is 8.87 Å². The van der Waals surface area contributed by atoms with Crippen LogP contribution in [0.2, 0.25) is 4.34 Å². The Labute approximate surface area is 216 Å². The molecule has 1 unspecified atom stereocenters. The zero-order valence-electron chi connectivity index (χ0n) is 19.4. The molecule has 12 heteroatoms. The van der Waals surface area contributed by atoms with E-state index in [0.29, 0.717) is 22.0 Å². The predicted octanol–water partition coefficient (Wildman–Crippen LogP) is 4.21. The molecule has 1 aliphatic heterocycles. The number of benzene rings is 1. The third-order valence-electron chi connectivity index (χ3n) is 5.89. The zero-order chi connectivity index (χ0) is 25.2. The first kappa shape index (κ1) is 26.0. The number of fused-ring (bicyclic) bond motifs is 1. The molecule has 35 heavy (non-hydrogen) atoms. The lowest BCUT2D eigenvalue weighted by Gasteiger charge is -2.20. The number of aromatic nitrogens is 1. The van der Waals surface area contributed by atoms with E-state index < -0.39 is 27.9 Å². The summed E-state index contributed by atoms with van der Waals surface area (Å²) in [4.78, 5) is 30.1. The average Bonchev–Trinajstić information content (AvgIpc) is 3.57. The van der Waals surface area contributed by atoms with Crippen LogP contribution in [0.3, 0.4) is 0 Å². The number of hydrogen-bond acceptors (Lipinski definition) is 7. The van der Waals surface area contributed by atoms with Gasteiger partial charge in [0.15, 0.2) is 4.80 Å². The lowest BCUT2D eigenvalue weighted by atomic mass is 10.1. The van der Waals surface area contributed by atoms with Crippen molar-refractivity contribution in [3.05, 3.63) is 45.0 Å². The molecule has 1 amide bonds. The highest BCUT2D eigenvalue weighted by Crippen LogP contribution is 2.32. The number of esters is 1. The molecule has 0 radical (unpaired) electrons. The Morgan fingerprint density at radius 2 is 2.03 bits per heavy atom. The SMILES string of the molecule is CCCCc1ccc2c(c1)sc(=NC(=O)C1CCCN1S(=O)(=O)c1ccc(Cl)s1)n2CC(=O)OC. The number of ether oxygens (including phenoxy) is 1. The van der Waals surface area contributed by atoms with Crippen LogP contribution in [0.4, 0.5) is 0 Å². The fourth-order valence-corrected chi connectivity index (χ4v) is 8.44. The van der Waals surface area contributed by atoms with Gasteiger partial charge in [0.25, 0.3) is 15.9 Å². The maximum atomic E-state index is 13.3. The van der Waals surface area contributed by atoms with Crippen LogP contribution in [0.25, 0.3) is 10.2 Å². The fourth-order valence-electron chi connectivity index (χ4n) is 4.08. The number of hydrogen-bond donors (Lipinski definition) is 0. The Hall–Kier alpha value is -2.05. The van der Waals surface area contributed by atoms with Crippen molar-refractivity contribution in [3.63, 3.8) is 0 Å². The minimum Gasteiger partial charge on any atom is -0.468 e. The second kappa shape index (κ2) is 10.9. The lowest BCUT2D eigenvalue weighted by Crippen LogP contribution is -2.40. The van der Waals surface area contributed by atoms with Gasteiger partial charge < -0.3 is 9.30 Å². The highest BCUT2D eigenvalue weighted by molar-refractivity contribution is 7.91. The van der Waals surface area contributed by atoms with Gasteiger partial charge in [-0.2, -0.15) is 9.30 Å². The van der Waals surface area contributed by atoms with Crippen LogP contribution in [0, 0.1) is 0 Å². The second-order valence-corrected chi connectivity index (χ2v) is 13.1. The molecule has 0 saturated carbocycles. The fraction of sp³-hybridized carbons (Fsp3) is 0.435. The van der Waals surface area contributed by atoms with Crippen molar-refractivity contribution >= 4 is 66.4 Å². The highest BCUT2D eigenvalue weighted by Gasteiger charge is 2.40. The summed E-state index contributed by atoms with van der Waals surface area (Å²) in [7, 11) is -2.56. The third kappa shape index (κ3) is 5.54. The maximum absolute atomic E-state index is 13.3. The molecule has 1 saturated heterocycles. The predicted molar refractivity (Wildman–Crippen MR) is 137 cm³/mol. The van der Waals surface area contributed by atoms with Crippen LogP contribution in [-0.2, 0) is 37.3 Å². The molecule has 1 fully saturated rings. The normalized spacial score (nSPS) is 17.3. The number of thiazole rings is 1. The van der Waals surface area contributed by atoms with Crippen LogP contribution in [0.15, 0.2) is 39.5 Å². The van der Waals surface area contributed by atoms with E-state index in [1.165, 1.54) is 40.4 Å². The molecule has 3 aromatic rings. The third-order valence-corrected chi connectivity index (χ3v) is 10.5. The van der Waals surface area contributed by atoms with Crippen LogP contribution in [-0.4, -0.2) is 48.9 Å². The van der Waals surface area contributed by atoms with E-state index in [4.69, 9.17) is 16.3 Å². The Kier molecular flexibility index (Phi) is 8.12. The number of carbonyl (C=O) groups excluding carboxylic acids is 2. The second-order valence-electron chi connectivity index (χ2n) is 8.23. The summed E-state index contributed by atoms with van der Waals surface area (Å²) in [5.74, 6) is -1.02. The van der Waals surface area contributed by atoms with Gasteiger partial charge >= 0.3 is 5.97 Å². The van der Waals surface area contributed by atoms with Crippen molar-refractivity contribution in [2.24, 2.45) is 4.99 Å². The molecule has 3 heterocycles. The molecule has 2 aromatic heterocycles. The summed E-state index contributed by atoms with van der Waals surface area (Å²) in [6.07, 6.45) is 4.02. The van der Waals surface area contributed by atoms with E-state index in [1.807, 2.05) is 12.1 Å². The Balaban J connectivity index is 1.72. The van der Waals surface area contributed by atoms with E-state index in [-0.39, 0.29) is 17.3 Å². The molecule has 1 aromatic carbocycles. The Morgan fingerprint density at radius 1 is 1.23 bits per heavy atom. The summed E-state index contributed by atoms with van der Waals surface area (Å²) in [5, 5.41) is 0. The first-order valence-corrected chi connectivity index (χ1v) is 14.7. The van der Waals surface area contributed by atoms with Gasteiger partial charge in [0.2, 0.25) is 0 Å². The lowest BCUT2D eigenvalue weighted by molar-refractivity contribution is -0.141. The number of methoxy groups -OCH3 is 1. The van der Waals surface area contributed by atoms with Crippen LogP contribution >= 0.6 is 34.3 Å². The number of amides is 1. The van der Waals surface area contributed by atoms with Gasteiger partial charge in [-0.3, -0.25) is 9.59 Å². The first-order valence-electron chi connectivity index (χ1n) is 11.3. The molecular formula is C23H26ClN3O5S3. The molecule has 0 spiro atoms. The molecule has 1 atom stereocenters. The number of carbonyl (C=O) groups is 2. The number of unbranched alkanes of at least 4 members (excludes halogenated alkanes) is 1. The van der Waals surface area contributed by atoms with Gasteiger partial charge in [-0.1, -0.05) is 42.3 Å². The van der Waals surface area contributed by atoms with Gasteiger partial charge in [-0.05, 0) is 55.5 Å². The largest absolute Gasteiger partial charge is 0.468 e. The quantitative estimate of drug-likeness (QED) is 0.388. The number of thiophene rings is 1. The smallest absolute Gasteiger partial charge is 0.325 e. The minimum absolute atomic E-state index is 0.0999. The van der Waals surface area contributed by atoms with E-state index in [0.717, 1.165) is 40.8 Å². The van der Waals surface area contributed by atoms with Crippen molar-refractivity contribution in [2.75, 3.05) is 13.7 Å². The van der Waals surface area contributed by atoms with Crippen molar-refractivity contribution in [3.8, 4) is 0 Å². The molecule has 0 N–H and O–H groups in total. The van der Waals surface area contributed by atoms with E-state index >= 15 is 0 Å². The summed E-state index contributed by atoms with van der Waals surface area (Å²) < 4.78 is 35.4. The molecule has 0 bridgehead atoms. The van der Waals surface area contributed by atoms with Gasteiger partial charge in [0.1, 0.15) is 16.8 Å². The first-order chi connectivity index (χ1) is 16.7. The number of aryl methyl sites for hydroxylation is 1. The number of halogens is 1. The van der Waals surface area contributed by atoms with Crippen molar-refractivity contribution < 1.29 is 22.7 Å². The van der Waals surface area contributed by atoms with Crippen LogP contribution < -0.4 is 4.80 Å².